The molecule has 1 amide bonds. The second kappa shape index (κ2) is 8.73. The number of quaternary nitrogens is 1. The maximum Gasteiger partial charge on any atom is 0.258 e. The lowest BCUT2D eigenvalue weighted by Crippen LogP contribution is -3.13. The van der Waals surface area contributed by atoms with Crippen molar-refractivity contribution in [3.05, 3.63) is 47.8 Å². The third-order valence-electron chi connectivity index (χ3n) is 4.90. The fourth-order valence-corrected chi connectivity index (χ4v) is 3.43. The Morgan fingerprint density at radius 3 is 2.26 bits per heavy atom. The summed E-state index contributed by atoms with van der Waals surface area (Å²) < 4.78 is 16.1. The Morgan fingerprint density at radius 1 is 1.00 bits per heavy atom. The van der Waals surface area contributed by atoms with E-state index in [1.807, 2.05) is 29.4 Å². The highest BCUT2D eigenvalue weighted by atomic mass is 16.5. The number of nitrogens with one attached hydrogen (secondary N) is 1. The minimum Gasteiger partial charge on any atom is -0.493 e. The van der Waals surface area contributed by atoms with Crippen LogP contribution in [0.4, 0.5) is 0 Å². The minimum absolute atomic E-state index is 0.0456. The van der Waals surface area contributed by atoms with Crippen LogP contribution in [0.15, 0.2) is 36.7 Å². The van der Waals surface area contributed by atoms with Crippen molar-refractivity contribution in [2.24, 2.45) is 0 Å². The van der Waals surface area contributed by atoms with E-state index < -0.39 is 0 Å². The average Bonchev–Trinajstić information content (AvgIpc) is 2.73. The van der Waals surface area contributed by atoms with Gasteiger partial charge in [0.2, 0.25) is 5.75 Å². The molecule has 0 saturated carbocycles. The predicted molar refractivity (Wildman–Crippen MR) is 101 cm³/mol. The second-order valence-corrected chi connectivity index (χ2v) is 6.46. The molecule has 0 bridgehead atoms. The molecule has 0 aliphatic carbocycles. The van der Waals surface area contributed by atoms with Gasteiger partial charge < -0.3 is 24.0 Å². The van der Waals surface area contributed by atoms with Crippen molar-refractivity contribution in [1.82, 2.24) is 9.88 Å². The Bertz CT molecular complexity index is 774. The number of carbonyl (C=O) groups is 1. The van der Waals surface area contributed by atoms with Crippen LogP contribution in [-0.4, -0.2) is 63.3 Å². The lowest BCUT2D eigenvalue weighted by atomic mass is 10.1. The number of hydrogen-bond acceptors (Lipinski definition) is 5. The molecule has 0 radical (unpaired) electrons. The number of aromatic nitrogens is 1. The van der Waals surface area contributed by atoms with Gasteiger partial charge in [0.25, 0.3) is 5.91 Å². The Hall–Kier alpha value is -2.80. The predicted octanol–water partition coefficient (Wildman–Crippen LogP) is 0.648. The largest absolute Gasteiger partial charge is 0.493 e. The van der Waals surface area contributed by atoms with Gasteiger partial charge in [0, 0.05) is 18.0 Å². The summed E-state index contributed by atoms with van der Waals surface area (Å²) in [6.45, 7) is 4.17. The van der Waals surface area contributed by atoms with Gasteiger partial charge in [0.05, 0.1) is 53.1 Å². The van der Waals surface area contributed by atoms with E-state index >= 15 is 0 Å². The van der Waals surface area contributed by atoms with E-state index in [-0.39, 0.29) is 5.91 Å². The lowest BCUT2D eigenvalue weighted by molar-refractivity contribution is -0.917. The van der Waals surface area contributed by atoms with E-state index in [2.05, 4.69) is 4.98 Å². The molecular formula is C20H26N3O4+. The van der Waals surface area contributed by atoms with Crippen LogP contribution in [-0.2, 0) is 6.54 Å². The van der Waals surface area contributed by atoms with Crippen molar-refractivity contribution in [1.29, 1.82) is 0 Å². The van der Waals surface area contributed by atoms with E-state index in [0.29, 0.717) is 35.9 Å². The number of methoxy groups -OCH3 is 3. The van der Waals surface area contributed by atoms with Crippen LogP contribution in [0, 0.1) is 0 Å². The van der Waals surface area contributed by atoms with E-state index in [0.717, 1.165) is 19.6 Å². The smallest absolute Gasteiger partial charge is 0.258 e. The summed E-state index contributed by atoms with van der Waals surface area (Å²) in [6.07, 6.45) is 3.63. The SMILES string of the molecule is COc1ccc(C(=O)N2CC[NH+](Cc3ccncc3)CC2)c(OC)c1OC. The van der Waals surface area contributed by atoms with Gasteiger partial charge in [-0.15, -0.1) is 0 Å². The number of carbonyl (C=O) groups excluding carboxylic acids is 1. The third kappa shape index (κ3) is 4.14. The molecule has 1 aliphatic heterocycles. The summed E-state index contributed by atoms with van der Waals surface area (Å²) >= 11 is 0. The summed E-state index contributed by atoms with van der Waals surface area (Å²) in [5.74, 6) is 1.34. The van der Waals surface area contributed by atoms with Gasteiger partial charge in [-0.05, 0) is 24.3 Å². The van der Waals surface area contributed by atoms with E-state index in [4.69, 9.17) is 14.2 Å². The topological polar surface area (TPSA) is 65.3 Å². The Balaban J connectivity index is 1.69. The molecule has 0 atom stereocenters. The number of ether oxygens (including phenoxy) is 3. The van der Waals surface area contributed by atoms with Crippen LogP contribution >= 0.6 is 0 Å². The van der Waals surface area contributed by atoms with E-state index in [1.165, 1.54) is 24.7 Å². The average molecular weight is 372 g/mol. The number of piperazine rings is 1. The van der Waals surface area contributed by atoms with Crippen LogP contribution < -0.4 is 19.1 Å². The van der Waals surface area contributed by atoms with Crippen molar-refractivity contribution in [2.75, 3.05) is 47.5 Å². The molecule has 2 aromatic rings. The van der Waals surface area contributed by atoms with Crippen LogP contribution in [0.1, 0.15) is 15.9 Å². The number of nitrogens with zero attached hydrogens (tertiary/aromatic N) is 2. The van der Waals surface area contributed by atoms with Gasteiger partial charge in [-0.2, -0.15) is 0 Å². The van der Waals surface area contributed by atoms with Gasteiger partial charge in [-0.1, -0.05) is 0 Å². The summed E-state index contributed by atoms with van der Waals surface area (Å²) in [5, 5.41) is 0. The van der Waals surface area contributed by atoms with E-state index in [9.17, 15) is 4.79 Å². The Morgan fingerprint density at radius 2 is 1.67 bits per heavy atom. The molecule has 7 nitrogen and oxygen atoms in total. The van der Waals surface area contributed by atoms with Gasteiger partial charge in [0.1, 0.15) is 6.54 Å². The van der Waals surface area contributed by atoms with Gasteiger partial charge in [0.15, 0.2) is 11.5 Å². The van der Waals surface area contributed by atoms with Gasteiger partial charge >= 0.3 is 0 Å². The molecule has 1 aromatic heterocycles. The first-order chi connectivity index (χ1) is 13.2. The zero-order valence-electron chi connectivity index (χ0n) is 16.0. The Labute approximate surface area is 159 Å². The van der Waals surface area contributed by atoms with Crippen LogP contribution in [0.3, 0.4) is 0 Å². The molecule has 27 heavy (non-hydrogen) atoms. The maximum atomic E-state index is 13.0. The molecule has 1 aromatic carbocycles. The van der Waals surface area contributed by atoms with Crippen LogP contribution in [0.5, 0.6) is 17.2 Å². The summed E-state index contributed by atoms with van der Waals surface area (Å²) in [7, 11) is 4.63. The molecule has 1 saturated heterocycles. The highest BCUT2D eigenvalue weighted by Gasteiger charge is 2.28. The van der Waals surface area contributed by atoms with Crippen LogP contribution in [0.25, 0.3) is 0 Å². The molecule has 2 heterocycles. The van der Waals surface area contributed by atoms with Crippen LogP contribution in [0.2, 0.25) is 0 Å². The quantitative estimate of drug-likeness (QED) is 0.807. The van der Waals surface area contributed by atoms with Crippen molar-refractivity contribution in [3.63, 3.8) is 0 Å². The summed E-state index contributed by atoms with van der Waals surface area (Å²) in [4.78, 5) is 20.4. The lowest BCUT2D eigenvalue weighted by Gasteiger charge is -2.32. The molecule has 7 heteroatoms. The fraction of sp³-hybridized carbons (Fsp3) is 0.400. The normalized spacial score (nSPS) is 14.7. The molecule has 3 rings (SSSR count). The number of benzene rings is 1. The third-order valence-corrected chi connectivity index (χ3v) is 4.90. The summed E-state index contributed by atoms with van der Waals surface area (Å²) in [5.41, 5.74) is 1.76. The number of rotatable bonds is 6. The minimum atomic E-state index is -0.0456. The second-order valence-electron chi connectivity index (χ2n) is 6.46. The molecule has 1 N–H and O–H groups in total. The fourth-order valence-electron chi connectivity index (χ4n) is 3.43. The van der Waals surface area contributed by atoms with E-state index in [1.54, 1.807) is 19.2 Å². The highest BCUT2D eigenvalue weighted by Crippen LogP contribution is 2.40. The van der Waals surface area contributed by atoms with Crippen molar-refractivity contribution >= 4 is 5.91 Å². The number of amides is 1. The van der Waals surface area contributed by atoms with Gasteiger partial charge in [-0.25, -0.2) is 0 Å². The number of hydrogen-bond donors (Lipinski definition) is 1. The zero-order valence-corrected chi connectivity index (χ0v) is 16.0. The summed E-state index contributed by atoms with van der Waals surface area (Å²) in [6, 6.07) is 7.55. The molecular weight excluding hydrogens is 346 g/mol. The first-order valence-corrected chi connectivity index (χ1v) is 8.98. The molecule has 1 fully saturated rings. The highest BCUT2D eigenvalue weighted by molar-refractivity contribution is 5.98. The van der Waals surface area contributed by atoms with Crippen molar-refractivity contribution in [2.45, 2.75) is 6.54 Å². The standard InChI is InChI=1S/C20H25N3O4/c1-25-17-5-4-16(18(26-2)19(17)27-3)20(24)23-12-10-22(11-13-23)14-15-6-8-21-9-7-15/h4-9H,10-14H2,1-3H3/p+1. The monoisotopic (exact) mass is 372 g/mol. The molecule has 1 aliphatic rings. The van der Waals surface area contributed by atoms with Crippen molar-refractivity contribution < 1.29 is 23.9 Å². The molecule has 0 spiro atoms. The first kappa shape index (κ1) is 19.0. The van der Waals surface area contributed by atoms with Gasteiger partial charge in [-0.3, -0.25) is 9.78 Å². The molecule has 144 valence electrons. The first-order valence-electron chi connectivity index (χ1n) is 8.98. The Kier molecular flexibility index (Phi) is 6.13. The van der Waals surface area contributed by atoms with Crippen molar-refractivity contribution in [3.8, 4) is 17.2 Å². The number of pyridine rings is 1. The maximum absolute atomic E-state index is 13.0. The zero-order chi connectivity index (χ0) is 19.2. The molecule has 0 unspecified atom stereocenters.